The van der Waals surface area contributed by atoms with Crippen molar-refractivity contribution >= 4 is 46.5 Å². The summed E-state index contributed by atoms with van der Waals surface area (Å²) in [6.07, 6.45) is 4.86. The maximum Gasteiger partial charge on any atom is 0.232 e. The van der Waals surface area contributed by atoms with Crippen molar-refractivity contribution in [3.8, 4) is 11.3 Å². The van der Waals surface area contributed by atoms with Crippen molar-refractivity contribution < 1.29 is 4.42 Å². The lowest BCUT2D eigenvalue weighted by Gasteiger charge is -2.32. The summed E-state index contributed by atoms with van der Waals surface area (Å²) in [6, 6.07) is 13.6. The maximum absolute atomic E-state index is 5.98. The number of halogens is 1. The Hall–Kier alpha value is -2.84. The van der Waals surface area contributed by atoms with Crippen LogP contribution in [0.15, 0.2) is 46.9 Å². The molecule has 1 aromatic carbocycles. The Morgan fingerprint density at radius 2 is 1.74 bits per heavy atom. The molecule has 35 heavy (non-hydrogen) atoms. The molecule has 0 bridgehead atoms. The summed E-state index contributed by atoms with van der Waals surface area (Å²) in [6.45, 7) is 6.87. The lowest BCUT2D eigenvalue weighted by Crippen LogP contribution is -2.35. The molecule has 0 saturated carbocycles. The number of rotatable bonds is 6. The van der Waals surface area contributed by atoms with Crippen LogP contribution in [0.5, 0.6) is 0 Å². The summed E-state index contributed by atoms with van der Waals surface area (Å²) in [4.78, 5) is 14.3. The largest absolute Gasteiger partial charge is 0.459 e. The molecule has 2 fully saturated rings. The average molecular weight is 511 g/mol. The maximum atomic E-state index is 5.98. The predicted molar refractivity (Wildman–Crippen MR) is 146 cm³/mol. The molecule has 0 unspecified atom stereocenters. The number of hydrogen-bond acceptors (Lipinski definition) is 6. The van der Waals surface area contributed by atoms with Crippen molar-refractivity contribution in [3.05, 3.63) is 53.2 Å². The Morgan fingerprint density at radius 1 is 1.03 bits per heavy atom. The van der Waals surface area contributed by atoms with Gasteiger partial charge in [-0.25, -0.2) is 0 Å². The number of aromatic nitrogens is 2. The first-order valence-corrected chi connectivity index (χ1v) is 13.1. The highest BCUT2D eigenvalue weighted by Crippen LogP contribution is 2.28. The second-order valence-electron chi connectivity index (χ2n) is 9.38. The summed E-state index contributed by atoms with van der Waals surface area (Å²) in [5.41, 5.74) is 0.980. The molecule has 4 heterocycles. The van der Waals surface area contributed by atoms with Gasteiger partial charge in [0.2, 0.25) is 5.95 Å². The summed E-state index contributed by atoms with van der Waals surface area (Å²) in [5, 5.41) is 7.58. The molecular formula is C26H31ClN6OS. The van der Waals surface area contributed by atoms with Crippen LogP contribution in [0.3, 0.4) is 0 Å². The predicted octanol–water partition coefficient (Wildman–Crippen LogP) is 5.71. The van der Waals surface area contributed by atoms with Crippen LogP contribution < -0.4 is 20.4 Å². The molecule has 5 rings (SSSR count). The molecule has 0 aliphatic carbocycles. The smallest absolute Gasteiger partial charge is 0.232 e. The van der Waals surface area contributed by atoms with Gasteiger partial charge in [0.05, 0.1) is 6.54 Å². The molecule has 184 valence electrons. The number of anilines is 3. The first-order chi connectivity index (χ1) is 17.0. The standard InChI is InChI=1S/C26H31ClN6OS/c1-18-5-4-14-33(17-18)24-15-23(32-12-2-3-13-32)29-25(30-24)31-26(35)28-16-21-10-11-22(34-21)19-6-8-20(27)9-7-19/h6-11,15,18H,2-5,12-14,16-17H2,1H3,(H2,28,29,30,31,35)/t18-/m0/s1. The summed E-state index contributed by atoms with van der Waals surface area (Å²) in [5.74, 6) is 4.71. The zero-order chi connectivity index (χ0) is 24.2. The SMILES string of the molecule is C[C@H]1CCCN(c2cc(N3CCCC3)nc(NC(=S)NCc3ccc(-c4ccc(Cl)cc4)o3)n2)C1. The van der Waals surface area contributed by atoms with E-state index in [2.05, 4.69) is 33.4 Å². The second-order valence-corrected chi connectivity index (χ2v) is 10.2. The van der Waals surface area contributed by atoms with Gasteiger partial charge in [-0.05, 0) is 80.2 Å². The van der Waals surface area contributed by atoms with Crippen molar-refractivity contribution in [1.82, 2.24) is 15.3 Å². The average Bonchev–Trinajstić information content (AvgIpc) is 3.56. The molecule has 0 spiro atoms. The third-order valence-electron chi connectivity index (χ3n) is 6.55. The first kappa shape index (κ1) is 23.9. The molecule has 3 aromatic rings. The number of nitrogens with one attached hydrogen (secondary N) is 2. The fourth-order valence-corrected chi connectivity index (χ4v) is 4.99. The van der Waals surface area contributed by atoms with Gasteiger partial charge in [0.1, 0.15) is 23.2 Å². The first-order valence-electron chi connectivity index (χ1n) is 12.3. The monoisotopic (exact) mass is 510 g/mol. The van der Waals surface area contributed by atoms with Crippen LogP contribution in [-0.2, 0) is 6.54 Å². The van der Waals surface area contributed by atoms with E-state index in [1.807, 2.05) is 36.4 Å². The lowest BCUT2D eigenvalue weighted by atomic mass is 10.0. The van der Waals surface area contributed by atoms with Crippen molar-refractivity contribution in [3.63, 3.8) is 0 Å². The fourth-order valence-electron chi connectivity index (χ4n) is 4.70. The van der Waals surface area contributed by atoms with Crippen LogP contribution in [0, 0.1) is 5.92 Å². The minimum atomic E-state index is 0.460. The van der Waals surface area contributed by atoms with Gasteiger partial charge in [-0.3, -0.25) is 0 Å². The van der Waals surface area contributed by atoms with Crippen LogP contribution in [0.1, 0.15) is 38.4 Å². The minimum absolute atomic E-state index is 0.460. The number of thiocarbonyl (C=S) groups is 1. The summed E-state index contributed by atoms with van der Waals surface area (Å²) in [7, 11) is 0. The van der Waals surface area contributed by atoms with Gasteiger partial charge in [-0.2, -0.15) is 9.97 Å². The second kappa shape index (κ2) is 10.8. The topological polar surface area (TPSA) is 69.5 Å². The normalized spacial score (nSPS) is 18.1. The van der Waals surface area contributed by atoms with Crippen LogP contribution >= 0.6 is 23.8 Å². The molecule has 0 radical (unpaired) electrons. The quantitative estimate of drug-likeness (QED) is 0.408. The van der Waals surface area contributed by atoms with E-state index in [1.54, 1.807) is 0 Å². The highest BCUT2D eigenvalue weighted by atomic mass is 35.5. The van der Waals surface area contributed by atoms with Crippen molar-refractivity contribution in [1.29, 1.82) is 0 Å². The number of benzene rings is 1. The van der Waals surface area contributed by atoms with E-state index in [1.165, 1.54) is 25.7 Å². The highest BCUT2D eigenvalue weighted by Gasteiger charge is 2.22. The lowest BCUT2D eigenvalue weighted by molar-refractivity contribution is 0.444. The van der Waals surface area contributed by atoms with Gasteiger partial charge in [-0.15, -0.1) is 0 Å². The van der Waals surface area contributed by atoms with E-state index in [4.69, 9.17) is 38.2 Å². The number of hydrogen-bond donors (Lipinski definition) is 2. The molecule has 7 nitrogen and oxygen atoms in total. The molecule has 2 aliphatic rings. The van der Waals surface area contributed by atoms with E-state index in [0.29, 0.717) is 28.5 Å². The van der Waals surface area contributed by atoms with Crippen molar-refractivity contribution in [2.75, 3.05) is 41.3 Å². The Labute approximate surface area is 216 Å². The van der Waals surface area contributed by atoms with E-state index in [0.717, 1.165) is 54.9 Å². The van der Waals surface area contributed by atoms with Gasteiger partial charge in [-0.1, -0.05) is 18.5 Å². The number of furan rings is 1. The van der Waals surface area contributed by atoms with Crippen LogP contribution in [0.4, 0.5) is 17.6 Å². The van der Waals surface area contributed by atoms with Gasteiger partial charge < -0.3 is 24.9 Å². The molecule has 2 aromatic heterocycles. The molecular weight excluding hydrogens is 480 g/mol. The van der Waals surface area contributed by atoms with Crippen molar-refractivity contribution in [2.45, 2.75) is 39.2 Å². The number of nitrogens with zero attached hydrogens (tertiary/aromatic N) is 4. The highest BCUT2D eigenvalue weighted by molar-refractivity contribution is 7.80. The fraction of sp³-hybridized carbons (Fsp3) is 0.423. The van der Waals surface area contributed by atoms with Crippen LogP contribution in [0.2, 0.25) is 5.02 Å². The summed E-state index contributed by atoms with van der Waals surface area (Å²) >= 11 is 11.5. The molecule has 2 saturated heterocycles. The van der Waals surface area contributed by atoms with Gasteiger partial charge in [0.15, 0.2) is 5.11 Å². The molecule has 1 atom stereocenters. The Kier molecular flexibility index (Phi) is 7.39. The Balaban J connectivity index is 1.25. The third kappa shape index (κ3) is 6.05. The zero-order valence-corrected chi connectivity index (χ0v) is 21.5. The van der Waals surface area contributed by atoms with E-state index in [-0.39, 0.29) is 0 Å². The minimum Gasteiger partial charge on any atom is -0.459 e. The molecule has 0 amide bonds. The van der Waals surface area contributed by atoms with Gasteiger partial charge in [0, 0.05) is 42.8 Å². The third-order valence-corrected chi connectivity index (χ3v) is 7.05. The van der Waals surface area contributed by atoms with E-state index < -0.39 is 0 Å². The van der Waals surface area contributed by atoms with Crippen molar-refractivity contribution in [2.24, 2.45) is 5.92 Å². The van der Waals surface area contributed by atoms with Crippen LogP contribution in [0.25, 0.3) is 11.3 Å². The Morgan fingerprint density at radius 3 is 2.49 bits per heavy atom. The van der Waals surface area contributed by atoms with Crippen LogP contribution in [-0.4, -0.2) is 41.3 Å². The van der Waals surface area contributed by atoms with Gasteiger partial charge >= 0.3 is 0 Å². The zero-order valence-electron chi connectivity index (χ0n) is 20.0. The summed E-state index contributed by atoms with van der Waals surface area (Å²) < 4.78 is 5.97. The molecule has 2 aliphatic heterocycles. The van der Waals surface area contributed by atoms with E-state index >= 15 is 0 Å². The molecule has 9 heteroatoms. The Bertz CT molecular complexity index is 1160. The molecule has 2 N–H and O–H groups in total. The van der Waals surface area contributed by atoms with E-state index in [9.17, 15) is 0 Å². The van der Waals surface area contributed by atoms with Gasteiger partial charge in [0.25, 0.3) is 0 Å². The number of piperidine rings is 1.